The lowest BCUT2D eigenvalue weighted by molar-refractivity contribution is -0.0370. The molecule has 0 radical (unpaired) electrons. The highest BCUT2D eigenvalue weighted by Crippen LogP contribution is 2.21. The summed E-state index contributed by atoms with van der Waals surface area (Å²) in [6.07, 6.45) is 1.60. The molecule has 0 N–H and O–H groups in total. The Bertz CT molecular complexity index is 417. The summed E-state index contributed by atoms with van der Waals surface area (Å²) in [4.78, 5) is 18.3. The molecule has 1 aromatic rings. The van der Waals surface area contributed by atoms with Gasteiger partial charge in [0, 0.05) is 12.7 Å². The van der Waals surface area contributed by atoms with E-state index in [0.29, 0.717) is 25.3 Å². The second-order valence-corrected chi connectivity index (χ2v) is 5.50. The molecule has 0 saturated carbocycles. The zero-order chi connectivity index (χ0) is 12.5. The van der Waals surface area contributed by atoms with E-state index in [1.54, 1.807) is 18.3 Å². The Labute approximate surface area is 109 Å². The van der Waals surface area contributed by atoms with Crippen molar-refractivity contribution < 1.29 is 9.53 Å². The van der Waals surface area contributed by atoms with Gasteiger partial charge in [0.2, 0.25) is 0 Å². The Morgan fingerprint density at radius 2 is 2.29 bits per heavy atom. The van der Waals surface area contributed by atoms with Gasteiger partial charge in [-0.25, -0.2) is 4.98 Å². The van der Waals surface area contributed by atoms with Crippen molar-refractivity contribution in [2.24, 2.45) is 0 Å². The van der Waals surface area contributed by atoms with Crippen molar-refractivity contribution in [1.82, 2.24) is 9.88 Å². The Kier molecular flexibility index (Phi) is 3.49. The van der Waals surface area contributed by atoms with E-state index in [0.717, 1.165) is 4.60 Å². The number of aromatic nitrogens is 1. The number of pyridine rings is 1. The lowest BCUT2D eigenvalue weighted by Gasteiger charge is -2.42. The van der Waals surface area contributed by atoms with Gasteiger partial charge in [-0.3, -0.25) is 4.79 Å². The van der Waals surface area contributed by atoms with Crippen LogP contribution in [0.2, 0.25) is 0 Å². The molecule has 2 rings (SSSR count). The van der Waals surface area contributed by atoms with Crippen LogP contribution in [0.5, 0.6) is 0 Å². The first kappa shape index (κ1) is 12.5. The third kappa shape index (κ3) is 2.66. The summed E-state index contributed by atoms with van der Waals surface area (Å²) in [7, 11) is 0. The summed E-state index contributed by atoms with van der Waals surface area (Å²) in [5, 5.41) is 0. The second kappa shape index (κ2) is 4.74. The molecule has 0 spiro atoms. The number of carbonyl (C=O) groups excluding carboxylic acids is 1. The summed E-state index contributed by atoms with van der Waals surface area (Å²) in [6.45, 7) is 5.82. The van der Waals surface area contributed by atoms with E-state index in [-0.39, 0.29) is 11.4 Å². The number of hydrogen-bond acceptors (Lipinski definition) is 3. The number of halogens is 1. The normalized spacial score (nSPS) is 19.1. The highest BCUT2D eigenvalue weighted by Gasteiger charge is 2.34. The van der Waals surface area contributed by atoms with Gasteiger partial charge in [-0.1, -0.05) is 0 Å². The molecular weight excluding hydrogens is 284 g/mol. The van der Waals surface area contributed by atoms with Crippen LogP contribution in [0.15, 0.2) is 22.9 Å². The highest BCUT2D eigenvalue weighted by molar-refractivity contribution is 9.10. The van der Waals surface area contributed by atoms with Crippen LogP contribution in [0.3, 0.4) is 0 Å². The molecule has 4 nitrogen and oxygen atoms in total. The molecule has 1 fully saturated rings. The first-order chi connectivity index (χ1) is 8.00. The SMILES string of the molecule is CC1(C)COCCN1C(=O)c1ccc(Br)nc1. The molecule has 17 heavy (non-hydrogen) atoms. The number of nitrogens with zero attached hydrogens (tertiary/aromatic N) is 2. The number of ether oxygens (including phenoxy) is 1. The Morgan fingerprint density at radius 1 is 1.53 bits per heavy atom. The zero-order valence-corrected chi connectivity index (χ0v) is 11.5. The maximum Gasteiger partial charge on any atom is 0.256 e. The molecule has 2 heterocycles. The van der Waals surface area contributed by atoms with E-state index in [1.165, 1.54) is 0 Å². The topological polar surface area (TPSA) is 42.4 Å². The molecular formula is C12H15BrN2O2. The molecule has 0 bridgehead atoms. The van der Waals surface area contributed by atoms with E-state index in [1.807, 2.05) is 18.7 Å². The average Bonchev–Trinajstić information content (AvgIpc) is 2.28. The zero-order valence-electron chi connectivity index (χ0n) is 9.94. The van der Waals surface area contributed by atoms with E-state index in [9.17, 15) is 4.79 Å². The van der Waals surface area contributed by atoms with E-state index in [2.05, 4.69) is 20.9 Å². The summed E-state index contributed by atoms with van der Waals surface area (Å²) in [5.74, 6) is 0.0123. The van der Waals surface area contributed by atoms with Gasteiger partial charge in [-0.2, -0.15) is 0 Å². The van der Waals surface area contributed by atoms with Crippen LogP contribution in [0.1, 0.15) is 24.2 Å². The lowest BCUT2D eigenvalue weighted by atomic mass is 10.0. The summed E-state index contributed by atoms with van der Waals surface area (Å²) < 4.78 is 6.13. The van der Waals surface area contributed by atoms with Crippen LogP contribution in [0.4, 0.5) is 0 Å². The smallest absolute Gasteiger partial charge is 0.256 e. The van der Waals surface area contributed by atoms with Gasteiger partial charge < -0.3 is 9.64 Å². The Balaban J connectivity index is 2.21. The van der Waals surface area contributed by atoms with Crippen LogP contribution < -0.4 is 0 Å². The minimum Gasteiger partial charge on any atom is -0.377 e. The molecule has 1 aromatic heterocycles. The van der Waals surface area contributed by atoms with Gasteiger partial charge in [-0.05, 0) is 41.9 Å². The van der Waals surface area contributed by atoms with Gasteiger partial charge in [0.15, 0.2) is 0 Å². The van der Waals surface area contributed by atoms with Crippen LogP contribution >= 0.6 is 15.9 Å². The number of carbonyl (C=O) groups is 1. The molecule has 5 heteroatoms. The van der Waals surface area contributed by atoms with E-state index >= 15 is 0 Å². The fourth-order valence-electron chi connectivity index (χ4n) is 1.89. The van der Waals surface area contributed by atoms with Gasteiger partial charge >= 0.3 is 0 Å². The van der Waals surface area contributed by atoms with Crippen LogP contribution in [-0.2, 0) is 4.74 Å². The Morgan fingerprint density at radius 3 is 2.88 bits per heavy atom. The maximum absolute atomic E-state index is 12.3. The van der Waals surface area contributed by atoms with Crippen molar-refractivity contribution in [3.8, 4) is 0 Å². The summed E-state index contributed by atoms with van der Waals surface area (Å²) in [6, 6.07) is 3.56. The van der Waals surface area contributed by atoms with Crippen LogP contribution in [0, 0.1) is 0 Å². The fraction of sp³-hybridized carbons (Fsp3) is 0.500. The Hall–Kier alpha value is -0.940. The van der Waals surface area contributed by atoms with E-state index < -0.39 is 0 Å². The second-order valence-electron chi connectivity index (χ2n) is 4.69. The predicted molar refractivity (Wildman–Crippen MR) is 67.9 cm³/mol. The third-order valence-corrected chi connectivity index (χ3v) is 3.33. The monoisotopic (exact) mass is 298 g/mol. The molecule has 0 aliphatic carbocycles. The molecule has 0 unspecified atom stereocenters. The van der Waals surface area contributed by atoms with E-state index in [4.69, 9.17) is 4.74 Å². The molecule has 1 amide bonds. The van der Waals surface area contributed by atoms with Gasteiger partial charge in [0.25, 0.3) is 5.91 Å². The number of hydrogen-bond donors (Lipinski definition) is 0. The molecule has 1 saturated heterocycles. The predicted octanol–water partition coefficient (Wildman–Crippen LogP) is 2.10. The number of amides is 1. The minimum atomic E-state index is -0.262. The van der Waals surface area contributed by atoms with Gasteiger partial charge in [0.05, 0.1) is 24.3 Å². The van der Waals surface area contributed by atoms with Crippen molar-refractivity contribution in [3.63, 3.8) is 0 Å². The third-order valence-electron chi connectivity index (χ3n) is 2.86. The number of morpholine rings is 1. The van der Waals surface area contributed by atoms with Crippen molar-refractivity contribution in [1.29, 1.82) is 0 Å². The van der Waals surface area contributed by atoms with Crippen molar-refractivity contribution >= 4 is 21.8 Å². The van der Waals surface area contributed by atoms with Crippen LogP contribution in [-0.4, -0.2) is 41.1 Å². The van der Waals surface area contributed by atoms with Gasteiger partial charge in [-0.15, -0.1) is 0 Å². The van der Waals surface area contributed by atoms with Crippen molar-refractivity contribution in [2.45, 2.75) is 19.4 Å². The quantitative estimate of drug-likeness (QED) is 0.746. The van der Waals surface area contributed by atoms with Gasteiger partial charge in [0.1, 0.15) is 4.60 Å². The standard InChI is InChI=1S/C12H15BrN2O2/c1-12(2)8-17-6-5-15(12)11(16)9-3-4-10(13)14-7-9/h3-4,7H,5-6,8H2,1-2H3. The molecule has 1 aliphatic heterocycles. The molecule has 0 aromatic carbocycles. The van der Waals surface area contributed by atoms with Crippen molar-refractivity contribution in [3.05, 3.63) is 28.5 Å². The highest BCUT2D eigenvalue weighted by atomic mass is 79.9. The summed E-state index contributed by atoms with van der Waals surface area (Å²) >= 11 is 3.26. The molecule has 0 atom stereocenters. The lowest BCUT2D eigenvalue weighted by Crippen LogP contribution is -2.55. The molecule has 92 valence electrons. The maximum atomic E-state index is 12.3. The fourth-order valence-corrected chi connectivity index (χ4v) is 2.13. The minimum absolute atomic E-state index is 0.0123. The van der Waals surface area contributed by atoms with Crippen LogP contribution in [0.25, 0.3) is 0 Å². The first-order valence-electron chi connectivity index (χ1n) is 5.52. The van der Waals surface area contributed by atoms with Crippen molar-refractivity contribution in [2.75, 3.05) is 19.8 Å². The first-order valence-corrected chi connectivity index (χ1v) is 6.31. The largest absolute Gasteiger partial charge is 0.377 e. The summed E-state index contributed by atoms with van der Waals surface area (Å²) in [5.41, 5.74) is 0.353. The molecule has 1 aliphatic rings. The number of rotatable bonds is 1. The average molecular weight is 299 g/mol.